The third-order valence-electron chi connectivity index (χ3n) is 3.47. The van der Waals surface area contributed by atoms with Gasteiger partial charge in [-0.3, -0.25) is 0 Å². The van der Waals surface area contributed by atoms with Gasteiger partial charge >= 0.3 is 6.18 Å². The number of hydrogen-bond acceptors (Lipinski definition) is 1. The van der Waals surface area contributed by atoms with Gasteiger partial charge in [0.1, 0.15) is 0 Å². The summed E-state index contributed by atoms with van der Waals surface area (Å²) >= 11 is 0. The van der Waals surface area contributed by atoms with Crippen LogP contribution < -0.4 is 5.32 Å². The summed E-state index contributed by atoms with van der Waals surface area (Å²) < 4.78 is 38.8. The molecule has 0 amide bonds. The van der Waals surface area contributed by atoms with Crippen LogP contribution in [0.1, 0.15) is 37.8 Å². The van der Waals surface area contributed by atoms with Crippen LogP contribution in [0.3, 0.4) is 0 Å². The highest BCUT2D eigenvalue weighted by Gasteiger charge is 2.41. The summed E-state index contributed by atoms with van der Waals surface area (Å²) in [6.07, 6.45) is -2.64. The molecule has 1 aliphatic heterocycles. The Kier molecular flexibility index (Phi) is 2.94. The van der Waals surface area contributed by atoms with E-state index in [0.29, 0.717) is 5.56 Å². The Balaban J connectivity index is 2.46. The minimum atomic E-state index is -4.28. The van der Waals surface area contributed by atoms with Crippen molar-refractivity contribution < 1.29 is 13.2 Å². The van der Waals surface area contributed by atoms with E-state index in [2.05, 4.69) is 5.32 Å². The normalized spacial score (nSPS) is 29.6. The summed E-state index contributed by atoms with van der Waals surface area (Å²) in [6.45, 7) is 3.85. The third kappa shape index (κ3) is 2.32. The Bertz CT molecular complexity index is 413. The van der Waals surface area contributed by atoms with Gasteiger partial charge in [0, 0.05) is 11.6 Å². The van der Waals surface area contributed by atoms with Gasteiger partial charge in [0.05, 0.1) is 5.56 Å². The SMILES string of the molecule is CC1CCC(C)(c2ccccc2C(F)(F)F)N1. The average molecular weight is 243 g/mol. The highest BCUT2D eigenvalue weighted by molar-refractivity contribution is 5.36. The van der Waals surface area contributed by atoms with Crippen LogP contribution in [-0.2, 0) is 11.7 Å². The maximum absolute atomic E-state index is 12.9. The van der Waals surface area contributed by atoms with Crippen LogP contribution in [0.15, 0.2) is 24.3 Å². The van der Waals surface area contributed by atoms with Crippen molar-refractivity contribution in [3.63, 3.8) is 0 Å². The van der Waals surface area contributed by atoms with Crippen LogP contribution in [-0.4, -0.2) is 6.04 Å². The molecule has 0 aliphatic carbocycles. The molecular formula is C13H16F3N. The molecule has 1 aliphatic rings. The molecule has 1 heterocycles. The van der Waals surface area contributed by atoms with Gasteiger partial charge in [0.25, 0.3) is 0 Å². The molecule has 1 aromatic rings. The first kappa shape index (κ1) is 12.4. The number of nitrogens with one attached hydrogen (secondary N) is 1. The van der Waals surface area contributed by atoms with Crippen LogP contribution >= 0.6 is 0 Å². The molecule has 1 nitrogen and oxygen atoms in total. The van der Waals surface area contributed by atoms with E-state index in [1.807, 2.05) is 13.8 Å². The molecule has 0 radical (unpaired) electrons. The summed E-state index contributed by atoms with van der Waals surface area (Å²) in [5.74, 6) is 0. The molecule has 2 unspecified atom stereocenters. The Labute approximate surface area is 99.0 Å². The monoisotopic (exact) mass is 243 g/mol. The van der Waals surface area contributed by atoms with Gasteiger partial charge in [-0.2, -0.15) is 13.2 Å². The summed E-state index contributed by atoms with van der Waals surface area (Å²) in [4.78, 5) is 0. The van der Waals surface area contributed by atoms with Crippen molar-refractivity contribution in [3.8, 4) is 0 Å². The van der Waals surface area contributed by atoms with Gasteiger partial charge in [-0.15, -0.1) is 0 Å². The zero-order valence-electron chi connectivity index (χ0n) is 9.93. The summed E-state index contributed by atoms with van der Waals surface area (Å²) in [6, 6.07) is 6.11. The van der Waals surface area contributed by atoms with E-state index in [4.69, 9.17) is 0 Å². The van der Waals surface area contributed by atoms with Gasteiger partial charge < -0.3 is 5.32 Å². The Hall–Kier alpha value is -1.03. The van der Waals surface area contributed by atoms with Crippen molar-refractivity contribution in [1.82, 2.24) is 5.32 Å². The lowest BCUT2D eigenvalue weighted by Crippen LogP contribution is -2.38. The van der Waals surface area contributed by atoms with Crippen molar-refractivity contribution in [2.75, 3.05) is 0 Å². The topological polar surface area (TPSA) is 12.0 Å². The first-order chi connectivity index (χ1) is 7.83. The highest BCUT2D eigenvalue weighted by Crippen LogP contribution is 2.40. The quantitative estimate of drug-likeness (QED) is 0.793. The first-order valence-corrected chi connectivity index (χ1v) is 5.77. The first-order valence-electron chi connectivity index (χ1n) is 5.77. The Morgan fingerprint density at radius 3 is 2.47 bits per heavy atom. The molecule has 2 atom stereocenters. The number of alkyl halides is 3. The highest BCUT2D eigenvalue weighted by atomic mass is 19.4. The molecule has 17 heavy (non-hydrogen) atoms. The minimum Gasteiger partial charge on any atom is -0.305 e. The fourth-order valence-electron chi connectivity index (χ4n) is 2.62. The number of halogens is 3. The standard InChI is InChI=1S/C13H16F3N/c1-9-7-8-12(2,17-9)10-5-3-4-6-11(10)13(14,15)16/h3-6,9,17H,7-8H2,1-2H3. The van der Waals surface area contributed by atoms with Gasteiger partial charge in [0.15, 0.2) is 0 Å². The van der Waals surface area contributed by atoms with Crippen LogP contribution in [0.4, 0.5) is 13.2 Å². The van der Waals surface area contributed by atoms with Crippen LogP contribution in [0, 0.1) is 0 Å². The molecule has 2 rings (SSSR count). The smallest absolute Gasteiger partial charge is 0.305 e. The number of benzene rings is 1. The lowest BCUT2D eigenvalue weighted by Gasteiger charge is -2.29. The number of rotatable bonds is 1. The Morgan fingerprint density at radius 2 is 1.94 bits per heavy atom. The lowest BCUT2D eigenvalue weighted by molar-refractivity contribution is -0.138. The molecule has 94 valence electrons. The van der Waals surface area contributed by atoms with Gasteiger partial charge in [-0.1, -0.05) is 18.2 Å². The van der Waals surface area contributed by atoms with E-state index in [1.54, 1.807) is 12.1 Å². The molecule has 1 fully saturated rings. The van der Waals surface area contributed by atoms with E-state index in [9.17, 15) is 13.2 Å². The fraction of sp³-hybridized carbons (Fsp3) is 0.538. The van der Waals surface area contributed by atoms with Crippen molar-refractivity contribution in [1.29, 1.82) is 0 Å². The second-order valence-electron chi connectivity index (χ2n) is 4.96. The second-order valence-corrected chi connectivity index (χ2v) is 4.96. The summed E-state index contributed by atoms with van der Waals surface area (Å²) in [5.41, 5.74) is -0.730. The molecule has 4 heteroatoms. The largest absolute Gasteiger partial charge is 0.416 e. The Morgan fingerprint density at radius 1 is 1.29 bits per heavy atom. The maximum Gasteiger partial charge on any atom is 0.416 e. The van der Waals surface area contributed by atoms with Crippen molar-refractivity contribution in [2.24, 2.45) is 0 Å². The van der Waals surface area contributed by atoms with E-state index >= 15 is 0 Å². The predicted molar refractivity (Wildman–Crippen MR) is 60.6 cm³/mol. The molecule has 1 aromatic carbocycles. The maximum atomic E-state index is 12.9. The van der Waals surface area contributed by atoms with Crippen LogP contribution in [0.25, 0.3) is 0 Å². The van der Waals surface area contributed by atoms with Crippen LogP contribution in [0.2, 0.25) is 0 Å². The molecule has 1 saturated heterocycles. The van der Waals surface area contributed by atoms with E-state index < -0.39 is 17.3 Å². The summed E-state index contributed by atoms with van der Waals surface area (Å²) in [5, 5.41) is 3.26. The third-order valence-corrected chi connectivity index (χ3v) is 3.47. The molecular weight excluding hydrogens is 227 g/mol. The second kappa shape index (κ2) is 4.02. The zero-order valence-corrected chi connectivity index (χ0v) is 9.93. The van der Waals surface area contributed by atoms with E-state index in [-0.39, 0.29) is 6.04 Å². The van der Waals surface area contributed by atoms with Crippen molar-refractivity contribution in [2.45, 2.75) is 44.4 Å². The van der Waals surface area contributed by atoms with E-state index in [0.717, 1.165) is 18.9 Å². The number of hydrogen-bond donors (Lipinski definition) is 1. The minimum absolute atomic E-state index is 0.265. The lowest BCUT2D eigenvalue weighted by atomic mass is 9.87. The van der Waals surface area contributed by atoms with Crippen molar-refractivity contribution in [3.05, 3.63) is 35.4 Å². The molecule has 1 N–H and O–H groups in total. The van der Waals surface area contributed by atoms with E-state index in [1.165, 1.54) is 6.07 Å². The van der Waals surface area contributed by atoms with Crippen LogP contribution in [0.5, 0.6) is 0 Å². The van der Waals surface area contributed by atoms with Gasteiger partial charge in [0.2, 0.25) is 0 Å². The van der Waals surface area contributed by atoms with Crippen molar-refractivity contribution >= 4 is 0 Å². The predicted octanol–water partition coefficient (Wildman–Crippen LogP) is 3.69. The zero-order chi connectivity index (χ0) is 12.7. The molecule has 0 saturated carbocycles. The molecule has 0 aromatic heterocycles. The van der Waals surface area contributed by atoms with Gasteiger partial charge in [-0.25, -0.2) is 0 Å². The average Bonchev–Trinajstić information content (AvgIpc) is 2.59. The fourth-order valence-corrected chi connectivity index (χ4v) is 2.62. The van der Waals surface area contributed by atoms with Gasteiger partial charge in [-0.05, 0) is 38.3 Å². The molecule has 0 spiro atoms. The molecule has 0 bridgehead atoms. The summed E-state index contributed by atoms with van der Waals surface area (Å²) in [7, 11) is 0.